The zero-order chi connectivity index (χ0) is 13.5. The summed E-state index contributed by atoms with van der Waals surface area (Å²) < 4.78 is 5.01. The van der Waals surface area contributed by atoms with Gasteiger partial charge in [-0.3, -0.25) is 0 Å². The van der Waals surface area contributed by atoms with Crippen molar-refractivity contribution in [3.8, 4) is 0 Å². The van der Waals surface area contributed by atoms with E-state index in [2.05, 4.69) is 47.6 Å². The van der Waals surface area contributed by atoms with Gasteiger partial charge in [0.05, 0.1) is 6.61 Å². The van der Waals surface area contributed by atoms with Crippen LogP contribution in [-0.4, -0.2) is 51.8 Å². The van der Waals surface area contributed by atoms with Crippen molar-refractivity contribution in [1.29, 1.82) is 0 Å². The lowest BCUT2D eigenvalue weighted by Crippen LogP contribution is -2.32. The predicted octanol–water partition coefficient (Wildman–Crippen LogP) is 1.96. The van der Waals surface area contributed by atoms with Gasteiger partial charge in [0.25, 0.3) is 0 Å². The average Bonchev–Trinajstić information content (AvgIpc) is 3.19. The van der Waals surface area contributed by atoms with Gasteiger partial charge in [0.2, 0.25) is 0 Å². The summed E-state index contributed by atoms with van der Waals surface area (Å²) in [7, 11) is 3.96. The van der Waals surface area contributed by atoms with Crippen molar-refractivity contribution in [2.45, 2.75) is 12.3 Å². The molecule has 0 amide bonds. The molecule has 1 saturated carbocycles. The molecule has 1 fully saturated rings. The van der Waals surface area contributed by atoms with Crippen LogP contribution >= 0.6 is 0 Å². The van der Waals surface area contributed by atoms with E-state index in [0.29, 0.717) is 0 Å². The number of hydrogen-bond acceptors (Lipinski definition) is 3. The lowest BCUT2D eigenvalue weighted by Gasteiger charge is -2.16. The molecule has 0 aliphatic heterocycles. The largest absolute Gasteiger partial charge is 0.383 e. The third-order valence-electron chi connectivity index (χ3n) is 3.85. The van der Waals surface area contributed by atoms with Gasteiger partial charge in [-0.1, -0.05) is 30.3 Å². The van der Waals surface area contributed by atoms with E-state index in [9.17, 15) is 0 Å². The molecule has 0 spiro atoms. The average molecular weight is 262 g/mol. The van der Waals surface area contributed by atoms with E-state index in [1.165, 1.54) is 18.5 Å². The second-order valence-corrected chi connectivity index (χ2v) is 5.52. The molecule has 2 rings (SSSR count). The Morgan fingerprint density at radius 2 is 2.05 bits per heavy atom. The molecule has 0 heterocycles. The van der Waals surface area contributed by atoms with Crippen LogP contribution in [0.25, 0.3) is 0 Å². The van der Waals surface area contributed by atoms with Crippen molar-refractivity contribution >= 4 is 0 Å². The van der Waals surface area contributed by atoms with Gasteiger partial charge in [0.15, 0.2) is 0 Å². The van der Waals surface area contributed by atoms with Gasteiger partial charge < -0.3 is 15.0 Å². The molecule has 0 saturated heterocycles. The number of likely N-dealkylation sites (N-methyl/N-ethyl adjacent to an activating group) is 1. The molecule has 2 unspecified atom stereocenters. The molecule has 0 bridgehead atoms. The van der Waals surface area contributed by atoms with E-state index in [1.807, 2.05) is 0 Å². The van der Waals surface area contributed by atoms with E-state index in [-0.39, 0.29) is 0 Å². The quantitative estimate of drug-likeness (QED) is 0.689. The van der Waals surface area contributed by atoms with Crippen LogP contribution in [0.4, 0.5) is 0 Å². The van der Waals surface area contributed by atoms with Gasteiger partial charge in [0, 0.05) is 33.3 Å². The van der Waals surface area contributed by atoms with Gasteiger partial charge in [-0.25, -0.2) is 0 Å². The molecule has 3 nitrogen and oxygen atoms in total. The molecule has 1 aromatic rings. The number of nitrogens with zero attached hydrogens (tertiary/aromatic N) is 1. The van der Waals surface area contributed by atoms with Gasteiger partial charge >= 0.3 is 0 Å². The highest BCUT2D eigenvalue weighted by Gasteiger charge is 2.38. The number of hydrogen-bond donors (Lipinski definition) is 1. The zero-order valence-corrected chi connectivity index (χ0v) is 12.1. The van der Waals surface area contributed by atoms with Crippen molar-refractivity contribution < 1.29 is 4.74 Å². The SMILES string of the molecule is COCCNCCN(C)CC1CC1c1ccccc1. The molecular weight excluding hydrogens is 236 g/mol. The second-order valence-electron chi connectivity index (χ2n) is 5.52. The molecular formula is C16H26N2O. The number of methoxy groups -OCH3 is 1. The van der Waals surface area contributed by atoms with Gasteiger partial charge in [-0.05, 0) is 30.9 Å². The summed E-state index contributed by atoms with van der Waals surface area (Å²) in [5, 5.41) is 3.39. The van der Waals surface area contributed by atoms with Crippen LogP contribution in [0.3, 0.4) is 0 Å². The van der Waals surface area contributed by atoms with Gasteiger partial charge in [0.1, 0.15) is 0 Å². The lowest BCUT2D eigenvalue weighted by atomic mass is 10.1. The molecule has 1 aromatic carbocycles. The van der Waals surface area contributed by atoms with Crippen LogP contribution in [0.1, 0.15) is 17.9 Å². The first-order valence-electron chi connectivity index (χ1n) is 7.24. The summed E-state index contributed by atoms with van der Waals surface area (Å²) in [6, 6.07) is 10.9. The normalized spacial score (nSPS) is 21.8. The van der Waals surface area contributed by atoms with Crippen molar-refractivity contribution in [3.63, 3.8) is 0 Å². The highest BCUT2D eigenvalue weighted by molar-refractivity contribution is 5.25. The van der Waals surface area contributed by atoms with E-state index < -0.39 is 0 Å². The maximum absolute atomic E-state index is 5.01. The van der Waals surface area contributed by atoms with Crippen molar-refractivity contribution in [2.75, 3.05) is 46.9 Å². The fourth-order valence-electron chi connectivity index (χ4n) is 2.62. The van der Waals surface area contributed by atoms with Crippen LogP contribution in [0.15, 0.2) is 30.3 Å². The van der Waals surface area contributed by atoms with Crippen molar-refractivity contribution in [1.82, 2.24) is 10.2 Å². The van der Waals surface area contributed by atoms with E-state index in [0.717, 1.165) is 38.1 Å². The van der Waals surface area contributed by atoms with E-state index >= 15 is 0 Å². The highest BCUT2D eigenvalue weighted by atomic mass is 16.5. The minimum absolute atomic E-state index is 0.794. The monoisotopic (exact) mass is 262 g/mol. The summed E-state index contributed by atoms with van der Waals surface area (Å²) in [6.45, 7) is 5.11. The zero-order valence-electron chi connectivity index (χ0n) is 12.1. The predicted molar refractivity (Wildman–Crippen MR) is 79.5 cm³/mol. The fraction of sp³-hybridized carbons (Fsp3) is 0.625. The summed E-state index contributed by atoms with van der Waals surface area (Å²) in [5.74, 6) is 1.65. The van der Waals surface area contributed by atoms with E-state index in [1.54, 1.807) is 7.11 Å². The smallest absolute Gasteiger partial charge is 0.0587 e. The Balaban J connectivity index is 1.59. The third-order valence-corrected chi connectivity index (χ3v) is 3.85. The first kappa shape index (κ1) is 14.5. The van der Waals surface area contributed by atoms with Gasteiger partial charge in [-0.2, -0.15) is 0 Å². The molecule has 3 heteroatoms. The van der Waals surface area contributed by atoms with Gasteiger partial charge in [-0.15, -0.1) is 0 Å². The van der Waals surface area contributed by atoms with Crippen LogP contribution in [0.2, 0.25) is 0 Å². The van der Waals surface area contributed by atoms with Crippen LogP contribution in [-0.2, 0) is 4.74 Å². The number of rotatable bonds is 9. The molecule has 0 radical (unpaired) electrons. The Labute approximate surface area is 116 Å². The Bertz CT molecular complexity index is 355. The second kappa shape index (κ2) is 7.63. The summed E-state index contributed by atoms with van der Waals surface area (Å²) in [4.78, 5) is 2.44. The van der Waals surface area contributed by atoms with Crippen LogP contribution in [0, 0.1) is 5.92 Å². The third kappa shape index (κ3) is 4.94. The molecule has 1 aliphatic carbocycles. The molecule has 1 N–H and O–H groups in total. The first-order valence-corrected chi connectivity index (χ1v) is 7.24. The standard InChI is InChI=1S/C16H26N2O/c1-18(10-8-17-9-11-19-2)13-15-12-16(15)14-6-4-3-5-7-14/h3-7,15-17H,8-13H2,1-2H3. The van der Waals surface area contributed by atoms with E-state index in [4.69, 9.17) is 4.74 Å². The Morgan fingerprint density at radius 3 is 2.79 bits per heavy atom. The number of benzene rings is 1. The molecule has 1 aliphatic rings. The number of nitrogens with one attached hydrogen (secondary N) is 1. The topological polar surface area (TPSA) is 24.5 Å². The maximum Gasteiger partial charge on any atom is 0.0587 e. The summed E-state index contributed by atoms with van der Waals surface area (Å²) in [5.41, 5.74) is 1.51. The first-order chi connectivity index (χ1) is 9.31. The number of ether oxygens (including phenoxy) is 1. The fourth-order valence-corrected chi connectivity index (χ4v) is 2.62. The molecule has 0 aromatic heterocycles. The Hall–Kier alpha value is -0.900. The van der Waals surface area contributed by atoms with Crippen molar-refractivity contribution in [3.05, 3.63) is 35.9 Å². The lowest BCUT2D eigenvalue weighted by molar-refractivity contribution is 0.197. The summed E-state index contributed by atoms with van der Waals surface area (Å²) >= 11 is 0. The minimum atomic E-state index is 0.794. The summed E-state index contributed by atoms with van der Waals surface area (Å²) in [6.07, 6.45) is 1.35. The minimum Gasteiger partial charge on any atom is -0.383 e. The van der Waals surface area contributed by atoms with Crippen LogP contribution in [0.5, 0.6) is 0 Å². The Morgan fingerprint density at radius 1 is 1.26 bits per heavy atom. The Kier molecular flexibility index (Phi) is 5.83. The molecule has 2 atom stereocenters. The van der Waals surface area contributed by atoms with Crippen molar-refractivity contribution in [2.24, 2.45) is 5.92 Å². The molecule has 106 valence electrons. The van der Waals surface area contributed by atoms with Crippen LogP contribution < -0.4 is 5.32 Å². The molecule has 19 heavy (non-hydrogen) atoms. The highest BCUT2D eigenvalue weighted by Crippen LogP contribution is 2.47. The maximum atomic E-state index is 5.01.